The minimum absolute atomic E-state index is 0.0770. The van der Waals surface area contributed by atoms with Crippen LogP contribution in [0.15, 0.2) is 22.7 Å². The predicted molar refractivity (Wildman–Crippen MR) is 67.4 cm³/mol. The molecule has 9 heteroatoms. The molecule has 0 amide bonds. The number of benzene rings is 1. The number of nitro benzene ring substituents is 1. The summed E-state index contributed by atoms with van der Waals surface area (Å²) in [6.45, 7) is 1.55. The molecule has 0 bridgehead atoms. The lowest BCUT2D eigenvalue weighted by molar-refractivity contribution is -0.384. The molecule has 0 unspecified atom stereocenters. The fraction of sp³-hybridized carbons (Fsp3) is 0.100. The Bertz CT molecular complexity index is 682. The van der Waals surface area contributed by atoms with E-state index in [9.17, 15) is 14.9 Å². The van der Waals surface area contributed by atoms with Gasteiger partial charge >= 0.3 is 5.97 Å². The van der Waals surface area contributed by atoms with Crippen molar-refractivity contribution < 1.29 is 14.8 Å². The Morgan fingerprint density at radius 1 is 1.53 bits per heavy atom. The summed E-state index contributed by atoms with van der Waals surface area (Å²) >= 11 is 3.19. The summed E-state index contributed by atoms with van der Waals surface area (Å²) in [4.78, 5) is 21.0. The van der Waals surface area contributed by atoms with Crippen LogP contribution in [0.1, 0.15) is 16.2 Å². The molecule has 0 saturated heterocycles. The SMILES string of the molecule is Cc1c(C(=O)O)nnn1-c1ccc([N+](=O)[O-])cc1Br. The van der Waals surface area contributed by atoms with Crippen LogP contribution in [-0.2, 0) is 0 Å². The highest BCUT2D eigenvalue weighted by Gasteiger charge is 2.18. The van der Waals surface area contributed by atoms with Gasteiger partial charge in [0.2, 0.25) is 0 Å². The Kier molecular flexibility index (Phi) is 3.30. The maximum absolute atomic E-state index is 10.9. The molecule has 8 nitrogen and oxygen atoms in total. The zero-order chi connectivity index (χ0) is 14.2. The van der Waals surface area contributed by atoms with Crippen molar-refractivity contribution in [3.05, 3.63) is 44.2 Å². The number of hydrogen-bond acceptors (Lipinski definition) is 5. The fourth-order valence-electron chi connectivity index (χ4n) is 1.54. The molecule has 2 rings (SSSR count). The highest BCUT2D eigenvalue weighted by atomic mass is 79.9. The minimum atomic E-state index is -1.18. The van der Waals surface area contributed by atoms with Gasteiger partial charge in [0.25, 0.3) is 5.69 Å². The van der Waals surface area contributed by atoms with E-state index in [0.29, 0.717) is 15.9 Å². The highest BCUT2D eigenvalue weighted by molar-refractivity contribution is 9.10. The Morgan fingerprint density at radius 2 is 2.21 bits per heavy atom. The first-order valence-corrected chi connectivity index (χ1v) is 5.81. The lowest BCUT2D eigenvalue weighted by Crippen LogP contribution is -2.03. The molecule has 0 aliphatic rings. The number of nitrogens with zero attached hydrogens (tertiary/aromatic N) is 4. The minimum Gasteiger partial charge on any atom is -0.476 e. The average molecular weight is 327 g/mol. The maximum atomic E-state index is 10.9. The predicted octanol–water partition coefficient (Wildman–Crippen LogP) is 1.94. The zero-order valence-corrected chi connectivity index (χ0v) is 11.2. The van der Waals surface area contributed by atoms with Gasteiger partial charge in [-0.1, -0.05) is 5.21 Å². The quantitative estimate of drug-likeness (QED) is 0.681. The van der Waals surface area contributed by atoms with Crippen LogP contribution in [0.2, 0.25) is 0 Å². The van der Waals surface area contributed by atoms with E-state index in [4.69, 9.17) is 5.11 Å². The van der Waals surface area contributed by atoms with Gasteiger partial charge in [-0.15, -0.1) is 5.10 Å². The van der Waals surface area contributed by atoms with Gasteiger partial charge in [-0.25, -0.2) is 9.48 Å². The first-order valence-electron chi connectivity index (χ1n) is 5.01. The van der Waals surface area contributed by atoms with Gasteiger partial charge in [0.05, 0.1) is 20.8 Å². The largest absolute Gasteiger partial charge is 0.476 e. The van der Waals surface area contributed by atoms with Crippen molar-refractivity contribution >= 4 is 27.6 Å². The smallest absolute Gasteiger partial charge is 0.358 e. The van der Waals surface area contributed by atoms with E-state index in [2.05, 4.69) is 26.2 Å². The van der Waals surface area contributed by atoms with Crippen molar-refractivity contribution in [2.75, 3.05) is 0 Å². The Hall–Kier alpha value is -2.29. The highest BCUT2D eigenvalue weighted by Crippen LogP contribution is 2.26. The Labute approximate surface area is 114 Å². The van der Waals surface area contributed by atoms with Gasteiger partial charge in [0.15, 0.2) is 5.69 Å². The molecule has 1 aromatic carbocycles. The Morgan fingerprint density at radius 3 is 2.68 bits per heavy atom. The van der Waals surface area contributed by atoms with E-state index >= 15 is 0 Å². The number of nitro groups is 1. The summed E-state index contributed by atoms with van der Waals surface area (Å²) in [5.74, 6) is -1.18. The fourth-order valence-corrected chi connectivity index (χ4v) is 2.07. The maximum Gasteiger partial charge on any atom is 0.358 e. The summed E-state index contributed by atoms with van der Waals surface area (Å²) in [6.07, 6.45) is 0. The molecule has 0 radical (unpaired) electrons. The van der Waals surface area contributed by atoms with E-state index in [1.54, 1.807) is 6.92 Å². The second-order valence-electron chi connectivity index (χ2n) is 3.63. The van der Waals surface area contributed by atoms with Crippen molar-refractivity contribution in [2.45, 2.75) is 6.92 Å². The molecule has 0 aliphatic carbocycles. The number of carboxylic acid groups (broad SMARTS) is 1. The van der Waals surface area contributed by atoms with Crippen molar-refractivity contribution in [3.8, 4) is 5.69 Å². The van der Waals surface area contributed by atoms with Crippen molar-refractivity contribution in [1.29, 1.82) is 0 Å². The van der Waals surface area contributed by atoms with Crippen molar-refractivity contribution in [3.63, 3.8) is 0 Å². The lowest BCUT2D eigenvalue weighted by atomic mass is 10.2. The van der Waals surface area contributed by atoms with Gasteiger partial charge in [-0.05, 0) is 28.9 Å². The molecule has 98 valence electrons. The second kappa shape index (κ2) is 4.76. The summed E-state index contributed by atoms with van der Waals surface area (Å²) < 4.78 is 1.73. The monoisotopic (exact) mass is 326 g/mol. The lowest BCUT2D eigenvalue weighted by Gasteiger charge is -2.05. The molecular weight excluding hydrogens is 320 g/mol. The standard InChI is InChI=1S/C10H7BrN4O4/c1-5-9(10(16)17)12-13-14(5)8-3-2-6(15(18)19)4-7(8)11/h2-4H,1H3,(H,16,17). The van der Waals surface area contributed by atoms with Gasteiger partial charge in [0.1, 0.15) is 0 Å². The van der Waals surface area contributed by atoms with Crippen LogP contribution in [0.25, 0.3) is 5.69 Å². The van der Waals surface area contributed by atoms with E-state index in [0.717, 1.165) is 0 Å². The molecular formula is C10H7BrN4O4. The molecule has 0 atom stereocenters. The number of hydrogen-bond donors (Lipinski definition) is 1. The first-order chi connectivity index (χ1) is 8.91. The van der Waals surface area contributed by atoms with Gasteiger partial charge < -0.3 is 5.11 Å². The van der Waals surface area contributed by atoms with Crippen LogP contribution in [0.5, 0.6) is 0 Å². The third-order valence-electron chi connectivity index (χ3n) is 2.47. The first kappa shape index (κ1) is 13.1. The number of non-ortho nitro benzene ring substituents is 1. The van der Waals surface area contributed by atoms with E-state index in [1.807, 2.05) is 0 Å². The van der Waals surface area contributed by atoms with Crippen molar-refractivity contribution in [1.82, 2.24) is 15.0 Å². The Balaban J connectivity index is 2.54. The van der Waals surface area contributed by atoms with Crippen LogP contribution in [-0.4, -0.2) is 31.0 Å². The molecule has 0 fully saturated rings. The normalized spacial score (nSPS) is 10.4. The number of halogens is 1. The number of carboxylic acids is 1. The second-order valence-corrected chi connectivity index (χ2v) is 4.49. The van der Waals surface area contributed by atoms with Crippen molar-refractivity contribution in [2.24, 2.45) is 0 Å². The van der Waals surface area contributed by atoms with Gasteiger partial charge in [-0.2, -0.15) is 0 Å². The average Bonchev–Trinajstić information content (AvgIpc) is 2.71. The number of carbonyl (C=O) groups is 1. The third kappa shape index (κ3) is 2.32. The van der Waals surface area contributed by atoms with Crippen LogP contribution < -0.4 is 0 Å². The van der Waals surface area contributed by atoms with E-state index < -0.39 is 10.9 Å². The molecule has 2 aromatic rings. The van der Waals surface area contributed by atoms with Gasteiger partial charge in [0, 0.05) is 12.1 Å². The van der Waals surface area contributed by atoms with Crippen LogP contribution in [0, 0.1) is 17.0 Å². The molecule has 19 heavy (non-hydrogen) atoms. The molecule has 0 spiro atoms. The summed E-state index contributed by atoms with van der Waals surface area (Å²) in [5.41, 5.74) is 0.572. The molecule has 1 heterocycles. The molecule has 1 aromatic heterocycles. The summed E-state index contributed by atoms with van der Waals surface area (Å²) in [6, 6.07) is 4.09. The topological polar surface area (TPSA) is 111 Å². The van der Waals surface area contributed by atoms with E-state index in [1.165, 1.54) is 22.9 Å². The summed E-state index contributed by atoms with van der Waals surface area (Å²) in [5, 5.41) is 26.8. The third-order valence-corrected chi connectivity index (χ3v) is 3.10. The number of aromatic carboxylic acids is 1. The van der Waals surface area contributed by atoms with E-state index in [-0.39, 0.29) is 11.4 Å². The van der Waals surface area contributed by atoms with Crippen LogP contribution >= 0.6 is 15.9 Å². The van der Waals surface area contributed by atoms with Gasteiger partial charge in [-0.3, -0.25) is 10.1 Å². The number of aromatic nitrogens is 3. The summed E-state index contributed by atoms with van der Waals surface area (Å²) in [7, 11) is 0. The molecule has 1 N–H and O–H groups in total. The molecule has 0 aliphatic heterocycles. The zero-order valence-electron chi connectivity index (χ0n) is 9.57. The van der Waals surface area contributed by atoms with Crippen LogP contribution in [0.4, 0.5) is 5.69 Å². The molecule has 0 saturated carbocycles. The number of rotatable bonds is 3. The van der Waals surface area contributed by atoms with Crippen LogP contribution in [0.3, 0.4) is 0 Å².